The number of nitrogen functional groups attached to an aromatic ring is 1. The molecule has 0 amide bonds. The average molecular weight is 300 g/mol. The number of aliphatic hydroxyl groups excluding tert-OH is 3. The normalized spacial score (nSPS) is 35.6. The Morgan fingerprint density at radius 1 is 1.57 bits per heavy atom. The molecule has 1 aromatic rings. The number of nitrogens with zero attached hydrogens (tertiary/aromatic N) is 3. The van der Waals surface area contributed by atoms with Gasteiger partial charge >= 0.3 is 5.69 Å². The van der Waals surface area contributed by atoms with Gasteiger partial charge in [0.1, 0.15) is 30.8 Å². The van der Waals surface area contributed by atoms with Crippen molar-refractivity contribution >= 4 is 5.82 Å². The molecule has 114 valence electrons. The Kier molecular flexibility index (Phi) is 3.68. The summed E-state index contributed by atoms with van der Waals surface area (Å²) in [6, 6.07) is 2.69. The number of nitrogens with two attached hydrogens (primary N) is 1. The van der Waals surface area contributed by atoms with Crippen LogP contribution in [-0.4, -0.2) is 56.0 Å². The first-order valence-corrected chi connectivity index (χ1v) is 5.87. The predicted octanol–water partition coefficient (Wildman–Crippen LogP) is -2.55. The molecule has 1 aliphatic heterocycles. The molecule has 2 heterocycles. The zero-order valence-electron chi connectivity index (χ0n) is 10.7. The largest absolute Gasteiger partial charge is 0.393 e. The number of halogens is 1. The number of rotatable bonds is 3. The highest BCUT2D eigenvalue weighted by molar-refractivity contribution is 5.25. The molecule has 21 heavy (non-hydrogen) atoms. The third-order valence-electron chi connectivity index (χ3n) is 3.43. The quantitative estimate of drug-likeness (QED) is 0.475. The number of nitriles is 1. The van der Waals surface area contributed by atoms with E-state index < -0.39 is 42.5 Å². The zero-order valence-corrected chi connectivity index (χ0v) is 10.7. The molecule has 1 saturated heterocycles. The van der Waals surface area contributed by atoms with Crippen LogP contribution in [0.15, 0.2) is 17.1 Å². The molecular weight excluding hydrogens is 287 g/mol. The number of anilines is 1. The summed E-state index contributed by atoms with van der Waals surface area (Å²) in [6.07, 6.45) is -2.87. The third-order valence-corrected chi connectivity index (χ3v) is 3.43. The number of alkyl halides is 1. The van der Waals surface area contributed by atoms with E-state index in [0.717, 1.165) is 12.3 Å². The highest BCUT2D eigenvalue weighted by Crippen LogP contribution is 2.41. The van der Waals surface area contributed by atoms with Crippen molar-refractivity contribution in [1.82, 2.24) is 9.55 Å². The molecule has 0 spiro atoms. The van der Waals surface area contributed by atoms with E-state index in [-0.39, 0.29) is 5.82 Å². The Hall–Kier alpha value is -2.06. The van der Waals surface area contributed by atoms with Crippen molar-refractivity contribution in [2.75, 3.05) is 19.0 Å². The number of aromatic nitrogens is 2. The van der Waals surface area contributed by atoms with Crippen LogP contribution in [0.2, 0.25) is 0 Å². The van der Waals surface area contributed by atoms with Crippen molar-refractivity contribution < 1.29 is 24.4 Å². The lowest BCUT2D eigenvalue weighted by atomic mass is 9.95. The van der Waals surface area contributed by atoms with Gasteiger partial charge in [0.05, 0.1) is 6.61 Å². The Balaban J connectivity index is 2.63. The highest BCUT2D eigenvalue weighted by Gasteiger charge is 2.64. The summed E-state index contributed by atoms with van der Waals surface area (Å²) in [5, 5.41) is 38.5. The minimum absolute atomic E-state index is 0.128. The van der Waals surface area contributed by atoms with E-state index in [1.807, 2.05) is 0 Å². The number of ether oxygens (including phenoxy) is 1. The van der Waals surface area contributed by atoms with Crippen LogP contribution in [0, 0.1) is 11.3 Å². The molecule has 5 N–H and O–H groups in total. The van der Waals surface area contributed by atoms with Gasteiger partial charge in [-0.25, -0.2) is 9.18 Å². The lowest BCUT2D eigenvalue weighted by molar-refractivity contribution is -0.168. The first-order chi connectivity index (χ1) is 9.86. The van der Waals surface area contributed by atoms with Gasteiger partial charge in [-0.15, -0.1) is 0 Å². The van der Waals surface area contributed by atoms with Crippen molar-refractivity contribution in [3.63, 3.8) is 0 Å². The Labute approximate surface area is 117 Å². The Bertz CT molecular complexity index is 640. The topological polar surface area (TPSA) is 155 Å². The van der Waals surface area contributed by atoms with Crippen molar-refractivity contribution in [3.05, 3.63) is 22.7 Å². The molecule has 1 aliphatic rings. The van der Waals surface area contributed by atoms with Crippen LogP contribution in [0.3, 0.4) is 0 Å². The van der Waals surface area contributed by atoms with Crippen molar-refractivity contribution in [3.8, 4) is 6.07 Å². The lowest BCUT2D eigenvalue weighted by Crippen LogP contribution is -2.49. The Morgan fingerprint density at radius 2 is 2.24 bits per heavy atom. The van der Waals surface area contributed by atoms with Gasteiger partial charge < -0.3 is 25.8 Å². The van der Waals surface area contributed by atoms with Crippen LogP contribution in [0.25, 0.3) is 0 Å². The molecule has 9 nitrogen and oxygen atoms in total. The van der Waals surface area contributed by atoms with Gasteiger partial charge in [-0.3, -0.25) is 4.57 Å². The van der Waals surface area contributed by atoms with Crippen LogP contribution in [0.1, 0.15) is 0 Å². The summed E-state index contributed by atoms with van der Waals surface area (Å²) in [7, 11) is 0. The second-order valence-electron chi connectivity index (χ2n) is 4.66. The van der Waals surface area contributed by atoms with E-state index in [1.54, 1.807) is 0 Å². The molecule has 0 bridgehead atoms. The van der Waals surface area contributed by atoms with Gasteiger partial charge in [-0.05, 0) is 6.07 Å². The summed E-state index contributed by atoms with van der Waals surface area (Å²) in [5.74, 6) is -0.128. The molecule has 10 heteroatoms. The lowest BCUT2D eigenvalue weighted by Gasteiger charge is -2.29. The van der Waals surface area contributed by atoms with E-state index in [0.29, 0.717) is 4.57 Å². The SMILES string of the molecule is N#CC1(n2ccc(N)nc2=O)OC(CO)(CF)C(O)C1O. The molecule has 0 saturated carbocycles. The maximum Gasteiger partial charge on any atom is 0.352 e. The minimum atomic E-state index is -2.42. The minimum Gasteiger partial charge on any atom is -0.393 e. The molecule has 4 unspecified atom stereocenters. The van der Waals surface area contributed by atoms with Crippen LogP contribution >= 0.6 is 0 Å². The van der Waals surface area contributed by atoms with Crippen LogP contribution in [0.5, 0.6) is 0 Å². The number of aliphatic hydroxyl groups is 3. The predicted molar refractivity (Wildman–Crippen MR) is 65.4 cm³/mol. The van der Waals surface area contributed by atoms with Gasteiger partial charge in [0, 0.05) is 6.20 Å². The van der Waals surface area contributed by atoms with Gasteiger partial charge in [0.15, 0.2) is 5.60 Å². The molecular formula is C11H13FN4O5. The maximum atomic E-state index is 13.1. The second-order valence-corrected chi connectivity index (χ2v) is 4.66. The molecule has 2 rings (SSSR count). The zero-order chi connectivity index (χ0) is 15.8. The number of hydrogen-bond donors (Lipinski definition) is 4. The Morgan fingerprint density at radius 3 is 2.67 bits per heavy atom. The van der Waals surface area contributed by atoms with Gasteiger partial charge in [0.2, 0.25) is 0 Å². The van der Waals surface area contributed by atoms with E-state index in [2.05, 4.69) is 4.98 Å². The first-order valence-electron chi connectivity index (χ1n) is 5.87. The van der Waals surface area contributed by atoms with Crippen molar-refractivity contribution in [1.29, 1.82) is 5.26 Å². The van der Waals surface area contributed by atoms with Crippen LogP contribution in [0.4, 0.5) is 10.2 Å². The van der Waals surface area contributed by atoms with E-state index in [9.17, 15) is 29.8 Å². The molecule has 0 radical (unpaired) electrons. The van der Waals surface area contributed by atoms with Crippen molar-refractivity contribution in [2.24, 2.45) is 0 Å². The summed E-state index contributed by atoms with van der Waals surface area (Å²) in [6.45, 7) is -2.37. The monoisotopic (exact) mass is 300 g/mol. The fraction of sp³-hybridized carbons (Fsp3) is 0.545. The average Bonchev–Trinajstić information content (AvgIpc) is 2.70. The smallest absolute Gasteiger partial charge is 0.352 e. The highest BCUT2D eigenvalue weighted by atomic mass is 19.1. The summed E-state index contributed by atoms with van der Waals surface area (Å²) < 4.78 is 18.8. The molecule has 0 aromatic carbocycles. The fourth-order valence-corrected chi connectivity index (χ4v) is 2.21. The van der Waals surface area contributed by atoms with E-state index in [1.165, 1.54) is 6.07 Å². The molecule has 4 atom stereocenters. The van der Waals surface area contributed by atoms with Crippen LogP contribution in [-0.2, 0) is 10.5 Å². The fourth-order valence-electron chi connectivity index (χ4n) is 2.21. The van der Waals surface area contributed by atoms with Gasteiger partial charge in [-0.2, -0.15) is 10.2 Å². The van der Waals surface area contributed by atoms with E-state index >= 15 is 0 Å². The number of hydrogen-bond acceptors (Lipinski definition) is 8. The summed E-state index contributed by atoms with van der Waals surface area (Å²) >= 11 is 0. The van der Waals surface area contributed by atoms with Gasteiger partial charge in [-0.1, -0.05) is 0 Å². The third kappa shape index (κ3) is 1.98. The molecule has 0 aliphatic carbocycles. The molecule has 1 fully saturated rings. The van der Waals surface area contributed by atoms with Crippen LogP contribution < -0.4 is 11.4 Å². The van der Waals surface area contributed by atoms with Crippen molar-refractivity contribution in [2.45, 2.75) is 23.5 Å². The summed E-state index contributed by atoms with van der Waals surface area (Å²) in [4.78, 5) is 15.2. The van der Waals surface area contributed by atoms with E-state index in [4.69, 9.17) is 10.5 Å². The van der Waals surface area contributed by atoms with Gasteiger partial charge in [0.25, 0.3) is 5.72 Å². The standard InChI is InChI=1S/C11H13FN4O5/c12-3-10(5-17)7(18)8(19)11(4-13,21-10)16-2-1-6(14)15-9(16)20/h1-2,7-8,17-19H,3,5H2,(H2,14,15,20). The maximum absolute atomic E-state index is 13.1. The first kappa shape index (κ1) is 15.3. The summed E-state index contributed by atoms with van der Waals surface area (Å²) in [5.41, 5.74) is -0.351. The molecule has 1 aromatic heterocycles. The second kappa shape index (κ2) is 5.05.